The van der Waals surface area contributed by atoms with Crippen molar-refractivity contribution in [3.8, 4) is 6.07 Å². The number of aldehydes is 1. The summed E-state index contributed by atoms with van der Waals surface area (Å²) in [4.78, 5) is 26.9. The van der Waals surface area contributed by atoms with Crippen LogP contribution in [-0.4, -0.2) is 23.8 Å². The molecule has 5 aliphatic carbocycles. The number of nitriles is 1. The third-order valence-corrected chi connectivity index (χ3v) is 10.5. The molecule has 1 aromatic carbocycles. The van der Waals surface area contributed by atoms with Gasteiger partial charge < -0.3 is 9.53 Å². The van der Waals surface area contributed by atoms with E-state index in [1.807, 2.05) is 18.2 Å². The van der Waals surface area contributed by atoms with Crippen molar-refractivity contribution < 1.29 is 14.3 Å². The second kappa shape index (κ2) is 4.27. The summed E-state index contributed by atoms with van der Waals surface area (Å²) in [7, 11) is 0. The fourth-order valence-corrected chi connectivity index (χ4v) is 10.2. The van der Waals surface area contributed by atoms with Gasteiger partial charge in [-0.3, -0.25) is 4.79 Å². The highest BCUT2D eigenvalue weighted by Gasteiger charge is 3.00. The summed E-state index contributed by atoms with van der Waals surface area (Å²) in [6.45, 7) is 0. The predicted molar refractivity (Wildman–Crippen MR) is 102 cm³/mol. The molecule has 1 aliphatic heterocycles. The molecule has 4 heteroatoms. The number of carbonyl (C=O) groups excluding carboxylic acids is 2. The summed E-state index contributed by atoms with van der Waals surface area (Å²) >= 11 is 0. The van der Waals surface area contributed by atoms with Crippen LogP contribution in [0.4, 0.5) is 0 Å². The van der Waals surface area contributed by atoms with Crippen LogP contribution in [0, 0.1) is 63.6 Å². The van der Waals surface area contributed by atoms with Crippen molar-refractivity contribution in [2.24, 2.45) is 52.3 Å². The van der Waals surface area contributed by atoms with E-state index in [1.165, 1.54) is 5.57 Å². The Labute approximate surface area is 168 Å². The number of hydrogen-bond acceptors (Lipinski definition) is 4. The first kappa shape index (κ1) is 15.6. The van der Waals surface area contributed by atoms with Crippen LogP contribution in [0.2, 0.25) is 0 Å². The second-order valence-corrected chi connectivity index (χ2v) is 10.5. The normalized spacial score (nSPS) is 58.6. The van der Waals surface area contributed by atoms with Crippen LogP contribution in [0.1, 0.15) is 24.8 Å². The summed E-state index contributed by atoms with van der Waals surface area (Å²) in [6.07, 6.45) is 6.08. The zero-order valence-electron chi connectivity index (χ0n) is 16.0. The van der Waals surface area contributed by atoms with Crippen LogP contribution in [0.25, 0.3) is 5.57 Å². The minimum Gasteiger partial charge on any atom is -0.367 e. The van der Waals surface area contributed by atoms with Crippen LogP contribution >= 0.6 is 0 Å². The van der Waals surface area contributed by atoms with Gasteiger partial charge in [-0.25, -0.2) is 0 Å². The van der Waals surface area contributed by atoms with E-state index < -0.39 is 16.4 Å². The minimum atomic E-state index is -0.991. The molecule has 29 heavy (non-hydrogen) atoms. The lowest BCUT2D eigenvalue weighted by Crippen LogP contribution is -2.79. The Morgan fingerprint density at radius 1 is 1.17 bits per heavy atom. The number of nitrogens with zero attached hydrogens (tertiary/aromatic N) is 1. The first-order valence-corrected chi connectivity index (χ1v) is 11.0. The second-order valence-electron chi connectivity index (χ2n) is 10.5. The molecule has 0 N–H and O–H groups in total. The molecule has 4 saturated carbocycles. The molecule has 6 aliphatic rings. The molecule has 1 heterocycles. The van der Waals surface area contributed by atoms with Crippen LogP contribution in [-0.2, 0) is 14.3 Å². The number of Topliss-reactive ketones (excluding diaryl/α,β-unsaturated/α-hetero) is 1. The molecule has 0 amide bonds. The molecule has 7 rings (SSSR count). The predicted octanol–water partition coefficient (Wildman–Crippen LogP) is 3.04. The van der Waals surface area contributed by atoms with E-state index >= 15 is 0 Å². The number of ketones is 1. The van der Waals surface area contributed by atoms with Gasteiger partial charge in [-0.2, -0.15) is 5.26 Å². The molecule has 11 atom stereocenters. The number of carbonyl (C=O) groups is 2. The Morgan fingerprint density at radius 3 is 2.76 bits per heavy atom. The lowest BCUT2D eigenvalue weighted by atomic mass is 9.31. The number of allylic oxidation sites excluding steroid dienone is 1. The molecule has 0 unspecified atom stereocenters. The molecular weight excluding hydrogens is 362 g/mol. The SMILES string of the molecule is N#C[C@]12C(=O)[C@]34[C@H]5[C@@H]6[C@H](CC[C@H]51)[C@H]2O[C@@]63[C@H]1C=C(c2ccccc2)[C@H](C1)[C@H]4C=O. The number of fused-ring (bicyclic) bond motifs is 8. The fourth-order valence-electron chi connectivity index (χ4n) is 10.2. The van der Waals surface area contributed by atoms with E-state index in [0.29, 0.717) is 11.8 Å². The van der Waals surface area contributed by atoms with E-state index in [-0.39, 0.29) is 41.5 Å². The molecule has 1 aromatic rings. The Morgan fingerprint density at radius 2 is 2.00 bits per heavy atom. The summed E-state index contributed by atoms with van der Waals surface area (Å²) in [5.74, 6) is 0.925. The lowest BCUT2D eigenvalue weighted by molar-refractivity contribution is -0.294. The number of hydrogen-bond donors (Lipinski definition) is 0. The molecule has 4 nitrogen and oxygen atoms in total. The Kier molecular flexibility index (Phi) is 2.29. The molecule has 0 aromatic heterocycles. The van der Waals surface area contributed by atoms with Crippen molar-refractivity contribution in [1.29, 1.82) is 5.26 Å². The van der Waals surface area contributed by atoms with E-state index in [1.54, 1.807) is 0 Å². The molecule has 0 radical (unpaired) electrons. The van der Waals surface area contributed by atoms with Gasteiger partial charge in [0.2, 0.25) is 0 Å². The first-order chi connectivity index (χ1) is 14.2. The topological polar surface area (TPSA) is 67.2 Å². The van der Waals surface area contributed by atoms with Gasteiger partial charge in [0, 0.05) is 11.8 Å². The number of ether oxygens (including phenoxy) is 1. The van der Waals surface area contributed by atoms with Crippen LogP contribution in [0.5, 0.6) is 0 Å². The van der Waals surface area contributed by atoms with Crippen LogP contribution in [0.15, 0.2) is 36.4 Å². The summed E-state index contributed by atoms with van der Waals surface area (Å²) in [5, 5.41) is 10.3. The highest BCUT2D eigenvalue weighted by Crippen LogP contribution is 2.91. The minimum absolute atomic E-state index is 0.0618. The van der Waals surface area contributed by atoms with Gasteiger partial charge >= 0.3 is 0 Å². The van der Waals surface area contributed by atoms with E-state index in [2.05, 4.69) is 24.3 Å². The average Bonchev–Trinajstić information content (AvgIpc) is 3.29. The lowest BCUT2D eigenvalue weighted by Gasteiger charge is -2.71. The Hall–Kier alpha value is -2.25. The standard InChI is InChI=1S/C25H21NO3/c26-11-23-17-7-6-14-19-20(17)24(22(23)28)18(10-27)16-9-13(25(19,24)29-21(14)23)8-15(16)12-4-2-1-3-5-12/h1-5,8,10,13-14,16-21H,6-7,9H2/t13-,14-,16-,17+,18+,19-,20+,21+,23-,24-,25-/m0/s1. The van der Waals surface area contributed by atoms with Crippen molar-refractivity contribution in [3.63, 3.8) is 0 Å². The van der Waals surface area contributed by atoms with Crippen LogP contribution in [0.3, 0.4) is 0 Å². The van der Waals surface area contributed by atoms with Gasteiger partial charge in [-0.05, 0) is 60.0 Å². The average molecular weight is 383 g/mol. The maximum atomic E-state index is 14.2. The quantitative estimate of drug-likeness (QED) is 0.736. The van der Waals surface area contributed by atoms with E-state index in [4.69, 9.17) is 4.74 Å². The van der Waals surface area contributed by atoms with Crippen LogP contribution < -0.4 is 0 Å². The van der Waals surface area contributed by atoms with E-state index in [9.17, 15) is 14.9 Å². The van der Waals surface area contributed by atoms with E-state index in [0.717, 1.165) is 31.1 Å². The highest BCUT2D eigenvalue weighted by molar-refractivity contribution is 6.04. The zero-order chi connectivity index (χ0) is 19.3. The third kappa shape index (κ3) is 1.12. The van der Waals surface area contributed by atoms with Gasteiger partial charge in [-0.1, -0.05) is 36.4 Å². The molecule has 144 valence electrons. The smallest absolute Gasteiger partial charge is 0.166 e. The number of rotatable bonds is 2. The van der Waals surface area contributed by atoms with Crippen molar-refractivity contribution in [2.45, 2.75) is 31.0 Å². The molecular formula is C25H21NO3. The summed E-state index contributed by atoms with van der Waals surface area (Å²) < 4.78 is 6.89. The zero-order valence-corrected chi connectivity index (χ0v) is 16.0. The summed E-state index contributed by atoms with van der Waals surface area (Å²) in [6, 6.07) is 12.8. The Bertz CT molecular complexity index is 1100. The third-order valence-electron chi connectivity index (χ3n) is 10.5. The maximum absolute atomic E-state index is 14.2. The highest BCUT2D eigenvalue weighted by atomic mass is 16.5. The number of benzene rings is 1. The molecule has 1 saturated heterocycles. The van der Waals surface area contributed by atoms with Gasteiger partial charge in [-0.15, -0.1) is 0 Å². The molecule has 5 fully saturated rings. The van der Waals surface area contributed by atoms with Gasteiger partial charge in [0.25, 0.3) is 0 Å². The van der Waals surface area contributed by atoms with Crippen molar-refractivity contribution in [3.05, 3.63) is 42.0 Å². The summed E-state index contributed by atoms with van der Waals surface area (Å²) in [5.41, 5.74) is 0.0917. The maximum Gasteiger partial charge on any atom is 0.166 e. The fraction of sp³-hybridized carbons (Fsp3) is 0.560. The van der Waals surface area contributed by atoms with Crippen molar-refractivity contribution in [2.75, 3.05) is 0 Å². The molecule has 2 spiro atoms. The van der Waals surface area contributed by atoms with Crippen molar-refractivity contribution in [1.82, 2.24) is 0 Å². The van der Waals surface area contributed by atoms with Gasteiger partial charge in [0.05, 0.1) is 23.2 Å². The van der Waals surface area contributed by atoms with Gasteiger partial charge in [0.1, 0.15) is 11.7 Å². The van der Waals surface area contributed by atoms with Crippen molar-refractivity contribution >= 4 is 17.6 Å². The Balaban J connectivity index is 1.41. The first-order valence-electron chi connectivity index (χ1n) is 11.0. The van der Waals surface area contributed by atoms with Gasteiger partial charge in [0.15, 0.2) is 5.78 Å². The monoisotopic (exact) mass is 383 g/mol. The largest absolute Gasteiger partial charge is 0.367 e. The molecule has 2 bridgehead atoms.